The molecule has 3 aliphatic heterocycles. The highest BCUT2D eigenvalue weighted by Crippen LogP contribution is 2.38. The predicted molar refractivity (Wildman–Crippen MR) is 149 cm³/mol. The third-order valence-electron chi connectivity index (χ3n) is 9.14. The number of nitrogens with zero attached hydrogens (tertiary/aromatic N) is 2. The second-order valence-electron chi connectivity index (χ2n) is 11.1. The van der Waals surface area contributed by atoms with Crippen LogP contribution in [0.5, 0.6) is 11.5 Å². The third-order valence-corrected chi connectivity index (χ3v) is 9.14. The minimum Gasteiger partial charge on any atom is -0.493 e. The van der Waals surface area contributed by atoms with Gasteiger partial charge in [0.2, 0.25) is 0 Å². The lowest BCUT2D eigenvalue weighted by Gasteiger charge is -2.38. The van der Waals surface area contributed by atoms with Gasteiger partial charge in [0.15, 0.2) is 11.5 Å². The number of likely N-dealkylation sites (tertiary alicyclic amines) is 2. The first-order chi connectivity index (χ1) is 18.1. The van der Waals surface area contributed by atoms with Gasteiger partial charge in [0, 0.05) is 34.7 Å². The molecule has 6 heteroatoms. The van der Waals surface area contributed by atoms with Crippen LogP contribution in [-0.4, -0.2) is 80.5 Å². The molecule has 3 aromatic rings. The molecule has 0 radical (unpaired) electrons. The summed E-state index contributed by atoms with van der Waals surface area (Å²) in [4.78, 5) is 9.14. The molecule has 2 aromatic carbocycles. The Bertz CT molecular complexity index is 1230. The van der Waals surface area contributed by atoms with Crippen molar-refractivity contribution in [2.24, 2.45) is 0 Å². The highest BCUT2D eigenvalue weighted by molar-refractivity contribution is 5.91. The molecule has 37 heavy (non-hydrogen) atoms. The van der Waals surface area contributed by atoms with Crippen molar-refractivity contribution in [3.05, 3.63) is 47.5 Å². The number of rotatable bonds is 6. The van der Waals surface area contributed by atoms with Crippen molar-refractivity contribution in [1.82, 2.24) is 14.8 Å². The van der Waals surface area contributed by atoms with Crippen LogP contribution < -0.4 is 9.47 Å². The second-order valence-corrected chi connectivity index (χ2v) is 11.1. The number of hydrogen-bond acceptors (Lipinski definition) is 5. The number of benzene rings is 2. The molecule has 1 unspecified atom stereocenters. The highest BCUT2D eigenvalue weighted by atomic mass is 16.5. The summed E-state index contributed by atoms with van der Waals surface area (Å²) in [5.41, 5.74) is 6.25. The van der Waals surface area contributed by atoms with Gasteiger partial charge in [-0.15, -0.1) is 0 Å². The van der Waals surface area contributed by atoms with Gasteiger partial charge in [-0.3, -0.25) is 4.90 Å². The van der Waals surface area contributed by atoms with E-state index in [-0.39, 0.29) is 0 Å². The first-order valence-corrected chi connectivity index (χ1v) is 14.0. The van der Waals surface area contributed by atoms with E-state index in [1.165, 1.54) is 80.3 Å². The zero-order valence-corrected chi connectivity index (χ0v) is 22.6. The van der Waals surface area contributed by atoms with Crippen molar-refractivity contribution >= 4 is 10.9 Å². The van der Waals surface area contributed by atoms with Crippen molar-refractivity contribution in [3.8, 4) is 22.8 Å². The Kier molecular flexibility index (Phi) is 7.15. The Labute approximate surface area is 220 Å². The van der Waals surface area contributed by atoms with E-state index in [0.29, 0.717) is 12.0 Å². The zero-order valence-electron chi connectivity index (χ0n) is 22.6. The molecule has 4 heterocycles. The average Bonchev–Trinajstić information content (AvgIpc) is 3.07. The standard InChI is InChI=1S/C31H41N3O3/c1-21-27-17-23(6-8-28(27)32-31(21)24-7-9-29(35-2)30(18-24)36-3)22-10-14-34(15-11-22)25-5-4-13-33(16-12-25)26-19-37-20-26/h6-9,17-18,22,25-26,32H,4-5,10-16,19-20H2,1-3H3. The summed E-state index contributed by atoms with van der Waals surface area (Å²) in [6.45, 7) is 9.05. The first-order valence-electron chi connectivity index (χ1n) is 14.0. The smallest absolute Gasteiger partial charge is 0.161 e. The van der Waals surface area contributed by atoms with Gasteiger partial charge >= 0.3 is 0 Å². The fourth-order valence-corrected chi connectivity index (χ4v) is 6.74. The quantitative estimate of drug-likeness (QED) is 0.475. The number of piperidine rings is 1. The molecule has 1 atom stereocenters. The van der Waals surface area contributed by atoms with Crippen molar-refractivity contribution in [1.29, 1.82) is 0 Å². The van der Waals surface area contributed by atoms with E-state index in [9.17, 15) is 0 Å². The molecule has 0 saturated carbocycles. The Morgan fingerprint density at radius 2 is 1.57 bits per heavy atom. The van der Waals surface area contributed by atoms with Crippen molar-refractivity contribution in [2.45, 2.75) is 57.0 Å². The lowest BCUT2D eigenvalue weighted by atomic mass is 9.87. The molecule has 1 aromatic heterocycles. The maximum absolute atomic E-state index is 5.54. The topological polar surface area (TPSA) is 50.0 Å². The largest absolute Gasteiger partial charge is 0.493 e. The number of aromatic amines is 1. The molecular formula is C31H41N3O3. The molecule has 3 fully saturated rings. The van der Waals surface area contributed by atoms with Gasteiger partial charge in [-0.1, -0.05) is 6.07 Å². The third kappa shape index (κ3) is 4.87. The van der Waals surface area contributed by atoms with E-state index in [1.807, 2.05) is 6.07 Å². The average molecular weight is 504 g/mol. The van der Waals surface area contributed by atoms with Gasteiger partial charge in [-0.2, -0.15) is 0 Å². The van der Waals surface area contributed by atoms with E-state index < -0.39 is 0 Å². The SMILES string of the molecule is COc1ccc(-c2[nH]c3ccc(C4CCN(C5CCCN(C6COC6)CC5)CC4)cc3c2C)cc1OC. The molecule has 1 N–H and O–H groups in total. The van der Waals surface area contributed by atoms with Gasteiger partial charge in [0.05, 0.1) is 33.5 Å². The lowest BCUT2D eigenvalue weighted by molar-refractivity contribution is -0.0641. The van der Waals surface area contributed by atoms with Gasteiger partial charge in [-0.05, 0) is 106 Å². The number of H-pyrrole nitrogens is 1. The Hall–Kier alpha value is -2.54. The fraction of sp³-hybridized carbons (Fsp3) is 0.548. The molecule has 3 aliphatic rings. The molecule has 0 aliphatic carbocycles. The molecular weight excluding hydrogens is 462 g/mol. The van der Waals surface area contributed by atoms with Crippen molar-refractivity contribution in [3.63, 3.8) is 0 Å². The van der Waals surface area contributed by atoms with E-state index in [2.05, 4.69) is 52.0 Å². The summed E-state index contributed by atoms with van der Waals surface area (Å²) in [5, 5.41) is 1.33. The highest BCUT2D eigenvalue weighted by Gasteiger charge is 2.31. The molecule has 3 saturated heterocycles. The van der Waals surface area contributed by atoms with Gasteiger partial charge in [0.25, 0.3) is 0 Å². The predicted octanol–water partition coefficient (Wildman–Crippen LogP) is 5.59. The number of fused-ring (bicyclic) bond motifs is 1. The van der Waals surface area contributed by atoms with Crippen LogP contribution in [0.2, 0.25) is 0 Å². The summed E-state index contributed by atoms with van der Waals surface area (Å²) >= 11 is 0. The van der Waals surface area contributed by atoms with Crippen LogP contribution in [0.3, 0.4) is 0 Å². The molecule has 0 spiro atoms. The zero-order chi connectivity index (χ0) is 25.4. The van der Waals surface area contributed by atoms with Gasteiger partial charge in [-0.25, -0.2) is 0 Å². The molecule has 6 rings (SSSR count). The van der Waals surface area contributed by atoms with Crippen LogP contribution in [0.15, 0.2) is 36.4 Å². The summed E-state index contributed by atoms with van der Waals surface area (Å²) in [6.07, 6.45) is 6.51. The van der Waals surface area contributed by atoms with Crippen LogP contribution >= 0.6 is 0 Å². The summed E-state index contributed by atoms with van der Waals surface area (Å²) in [6, 6.07) is 14.6. The minimum atomic E-state index is 0.647. The lowest BCUT2D eigenvalue weighted by Crippen LogP contribution is -2.49. The van der Waals surface area contributed by atoms with Crippen molar-refractivity contribution < 1.29 is 14.2 Å². The number of aromatic nitrogens is 1. The van der Waals surface area contributed by atoms with Crippen LogP contribution in [0, 0.1) is 6.92 Å². The number of nitrogens with one attached hydrogen (secondary N) is 1. The molecule has 0 bridgehead atoms. The van der Waals surface area contributed by atoms with Crippen molar-refractivity contribution in [2.75, 3.05) is 53.6 Å². The monoisotopic (exact) mass is 503 g/mol. The summed E-state index contributed by atoms with van der Waals surface area (Å²) in [5.74, 6) is 2.15. The van der Waals surface area contributed by atoms with Crippen LogP contribution in [0.1, 0.15) is 49.1 Å². The maximum Gasteiger partial charge on any atom is 0.161 e. The molecule has 198 valence electrons. The van der Waals surface area contributed by atoms with Gasteiger partial charge < -0.3 is 24.1 Å². The first kappa shape index (κ1) is 24.8. The fourth-order valence-electron chi connectivity index (χ4n) is 6.74. The molecule has 6 nitrogen and oxygen atoms in total. The van der Waals surface area contributed by atoms with E-state index >= 15 is 0 Å². The Balaban J connectivity index is 1.13. The second kappa shape index (κ2) is 10.7. The maximum atomic E-state index is 5.54. The van der Waals surface area contributed by atoms with Gasteiger partial charge in [0.1, 0.15) is 0 Å². The number of hydrogen-bond donors (Lipinski definition) is 1. The Morgan fingerprint density at radius 3 is 2.30 bits per heavy atom. The van der Waals surface area contributed by atoms with E-state index in [0.717, 1.165) is 42.0 Å². The van der Waals surface area contributed by atoms with E-state index in [1.54, 1.807) is 14.2 Å². The van der Waals surface area contributed by atoms with E-state index in [4.69, 9.17) is 14.2 Å². The summed E-state index contributed by atoms with van der Waals surface area (Å²) < 4.78 is 16.4. The van der Waals surface area contributed by atoms with Crippen LogP contribution in [-0.2, 0) is 4.74 Å². The van der Waals surface area contributed by atoms with Crippen LogP contribution in [0.25, 0.3) is 22.2 Å². The van der Waals surface area contributed by atoms with Crippen LogP contribution in [0.4, 0.5) is 0 Å². The molecule has 0 amide bonds. The minimum absolute atomic E-state index is 0.647. The Morgan fingerprint density at radius 1 is 0.811 bits per heavy atom. The number of methoxy groups -OCH3 is 2. The normalized spacial score (nSPS) is 22.6. The summed E-state index contributed by atoms with van der Waals surface area (Å²) in [7, 11) is 3.36. The number of ether oxygens (including phenoxy) is 3. The number of aryl methyl sites for hydroxylation is 1.